The summed E-state index contributed by atoms with van der Waals surface area (Å²) in [4.78, 5) is 76.5. The molecule has 0 aliphatic heterocycles. The summed E-state index contributed by atoms with van der Waals surface area (Å²) >= 11 is 0. The number of hydrogen-bond acceptors (Lipinski definition) is 17. The molecule has 0 unspecified atom stereocenters. The number of ether oxygens (including phenoxy) is 7. The van der Waals surface area contributed by atoms with Gasteiger partial charge in [-0.3, -0.25) is 20.0 Å². The third-order valence-electron chi connectivity index (χ3n) is 15.5. The van der Waals surface area contributed by atoms with E-state index in [2.05, 4.69) is 69.6 Å². The smallest absolute Gasteiger partial charge is 0.344 e. The van der Waals surface area contributed by atoms with Gasteiger partial charge in [-0.1, -0.05) is 96.1 Å². The molecule has 98 heavy (non-hydrogen) atoms. The van der Waals surface area contributed by atoms with Crippen LogP contribution in [0.15, 0.2) is 244 Å². The molecule has 0 atom stereocenters. The molecule has 0 amide bonds. The quantitative estimate of drug-likeness (QED) is 0.0299. The summed E-state index contributed by atoms with van der Waals surface area (Å²) in [5.41, 5.74) is 10.7. The van der Waals surface area contributed by atoms with Gasteiger partial charge >= 0.3 is 23.9 Å². The van der Waals surface area contributed by atoms with E-state index >= 15 is 0 Å². The number of esters is 4. The zero-order valence-corrected chi connectivity index (χ0v) is 56.2. The number of hydrogen-bond donors (Lipinski definition) is 0. The Morgan fingerprint density at radius 3 is 1.05 bits per heavy atom. The minimum atomic E-state index is -0.771. The first-order valence-electron chi connectivity index (χ1n) is 31.9. The first-order chi connectivity index (χ1) is 47.7. The Kier molecular flexibility index (Phi) is 24.9. The molecule has 0 saturated heterocycles. The van der Waals surface area contributed by atoms with Gasteiger partial charge < -0.3 is 43.0 Å². The van der Waals surface area contributed by atoms with E-state index in [0.29, 0.717) is 39.9 Å². The highest BCUT2D eigenvalue weighted by Gasteiger charge is 2.25. The van der Waals surface area contributed by atoms with Crippen LogP contribution in [0.2, 0.25) is 0 Å². The molecule has 496 valence electrons. The van der Waals surface area contributed by atoms with Crippen LogP contribution in [0, 0.1) is 13.8 Å². The fraction of sp³-hybridized carbons (Fsp3) is 0.160. The van der Waals surface area contributed by atoms with Crippen molar-refractivity contribution in [1.29, 1.82) is 0 Å². The predicted octanol–water partition coefficient (Wildman–Crippen LogP) is 17.6. The van der Waals surface area contributed by atoms with Crippen LogP contribution >= 0.6 is 0 Å². The third kappa shape index (κ3) is 19.2. The van der Waals surface area contributed by atoms with Crippen molar-refractivity contribution in [1.82, 2.24) is 0 Å². The van der Waals surface area contributed by atoms with Gasteiger partial charge in [0.05, 0.1) is 66.3 Å². The molecule has 0 aliphatic rings. The fourth-order valence-electron chi connectivity index (χ4n) is 10.0. The minimum absolute atomic E-state index is 0.00858. The maximum absolute atomic E-state index is 13.5. The number of methoxy groups -OCH3 is 3. The van der Waals surface area contributed by atoms with Crippen LogP contribution in [-0.2, 0) is 0 Å². The summed E-state index contributed by atoms with van der Waals surface area (Å²) in [6, 6.07) is 66.7. The van der Waals surface area contributed by atoms with Gasteiger partial charge in [-0.15, -0.1) is 0 Å². The molecule has 10 aromatic carbocycles. The highest BCUT2D eigenvalue weighted by molar-refractivity contribution is 6.06. The lowest BCUT2D eigenvalue weighted by atomic mass is 10.1. The molecule has 10 aromatic rings. The Hall–Kier alpha value is -12.2. The summed E-state index contributed by atoms with van der Waals surface area (Å²) in [6.45, 7) is 16.3. The van der Waals surface area contributed by atoms with Crippen molar-refractivity contribution in [3.8, 4) is 40.2 Å². The van der Waals surface area contributed by atoms with Gasteiger partial charge in [-0.2, -0.15) is 0 Å². The molecule has 0 fully saturated rings. The van der Waals surface area contributed by atoms with Crippen LogP contribution in [0.3, 0.4) is 0 Å². The van der Waals surface area contributed by atoms with Crippen molar-refractivity contribution in [3.05, 3.63) is 280 Å². The second kappa shape index (κ2) is 34.8. The van der Waals surface area contributed by atoms with Gasteiger partial charge in [0.1, 0.15) is 5.75 Å². The Balaban J connectivity index is 0.000000229. The second-order valence-corrected chi connectivity index (χ2v) is 22.0. The standard InChI is InChI=1S/C41H39N3O6.C40H37N3O5/c1-6-44(7-2)33-20-16-30(17-21-33)27-43-32-19-23-37(48-5)39(25-32)50-41(46)35-11-9-8-10-34(35)40(45)49-38-24-31(18-22-36(38)47-4)42-26-29-14-12-28(3)13-15-29;1-5-43(6-2)33-21-19-32(20-22-33)41-26-29-10-9-11-34(24-29)47-39(44)35-12-7-8-13-36(35)40(45)48-38-25-30(16-23-37(38)46-4)27-42-31-17-14-28(3)15-18-31/h8-27H,6-7H2,1-5H3;7-27H,5-6H2,1-4H3. The van der Waals surface area contributed by atoms with Crippen molar-refractivity contribution >= 4 is 82.9 Å². The van der Waals surface area contributed by atoms with Crippen molar-refractivity contribution in [3.63, 3.8) is 0 Å². The number of benzene rings is 10. The summed E-state index contributed by atoms with van der Waals surface area (Å²) in [5.74, 6) is -1.17. The topological polar surface area (TPSA) is 189 Å². The molecule has 0 bridgehead atoms. The third-order valence-corrected chi connectivity index (χ3v) is 15.5. The predicted molar refractivity (Wildman–Crippen MR) is 390 cm³/mol. The second-order valence-electron chi connectivity index (χ2n) is 22.0. The van der Waals surface area contributed by atoms with Gasteiger partial charge in [-0.25, -0.2) is 19.2 Å². The molecule has 0 aliphatic carbocycles. The number of nitrogens with zero attached hydrogens (tertiary/aromatic N) is 6. The largest absolute Gasteiger partial charge is 0.493 e. The number of rotatable bonds is 25. The van der Waals surface area contributed by atoms with E-state index in [9.17, 15) is 19.2 Å². The Morgan fingerprint density at radius 2 is 0.633 bits per heavy atom. The lowest BCUT2D eigenvalue weighted by molar-refractivity contribution is 0.0687. The maximum Gasteiger partial charge on any atom is 0.344 e. The minimum Gasteiger partial charge on any atom is -0.493 e. The number of carbonyl (C=O) groups excluding carboxylic acids is 4. The normalized spacial score (nSPS) is 11.1. The van der Waals surface area contributed by atoms with Crippen molar-refractivity contribution < 1.29 is 52.3 Å². The Morgan fingerprint density at radius 1 is 0.316 bits per heavy atom. The maximum atomic E-state index is 13.5. The molecule has 0 N–H and O–H groups in total. The molecule has 0 aromatic heterocycles. The van der Waals surface area contributed by atoms with Gasteiger partial charge in [0.15, 0.2) is 34.5 Å². The average molecular weight is 1310 g/mol. The Labute approximate surface area is 571 Å². The van der Waals surface area contributed by atoms with Crippen LogP contribution in [0.4, 0.5) is 34.1 Å². The molecule has 10 rings (SSSR count). The average Bonchev–Trinajstić information content (AvgIpc) is 1.29. The highest BCUT2D eigenvalue weighted by Crippen LogP contribution is 2.36. The molecule has 0 spiro atoms. The summed E-state index contributed by atoms with van der Waals surface area (Å²) in [7, 11) is 4.44. The summed E-state index contributed by atoms with van der Waals surface area (Å²) in [6.07, 6.45) is 6.84. The molecule has 0 heterocycles. The molecular weight excluding hydrogens is 1230 g/mol. The van der Waals surface area contributed by atoms with E-state index in [1.54, 1.807) is 122 Å². The number of aryl methyl sites for hydroxylation is 2. The van der Waals surface area contributed by atoms with Gasteiger partial charge in [0.2, 0.25) is 0 Å². The molecular formula is C81H76N6O11. The van der Waals surface area contributed by atoms with E-state index in [-0.39, 0.29) is 39.5 Å². The number of aliphatic imine (C=N–C) groups is 4. The highest BCUT2D eigenvalue weighted by atomic mass is 16.6. The van der Waals surface area contributed by atoms with E-state index in [1.165, 1.54) is 45.6 Å². The van der Waals surface area contributed by atoms with Gasteiger partial charge in [0.25, 0.3) is 0 Å². The van der Waals surface area contributed by atoms with Crippen molar-refractivity contribution in [2.24, 2.45) is 20.0 Å². The summed E-state index contributed by atoms with van der Waals surface area (Å²) in [5, 5.41) is 0. The van der Waals surface area contributed by atoms with Crippen molar-refractivity contribution in [2.45, 2.75) is 41.5 Å². The molecule has 17 nitrogen and oxygen atoms in total. The van der Waals surface area contributed by atoms with E-state index in [1.807, 2.05) is 105 Å². The van der Waals surface area contributed by atoms with Gasteiger partial charge in [-0.05, 0) is 191 Å². The zero-order chi connectivity index (χ0) is 69.3. The van der Waals surface area contributed by atoms with E-state index < -0.39 is 23.9 Å². The molecule has 17 heteroatoms. The monoisotopic (exact) mass is 1310 g/mol. The lowest BCUT2D eigenvalue weighted by Crippen LogP contribution is -2.21. The zero-order valence-electron chi connectivity index (χ0n) is 56.2. The first-order valence-corrected chi connectivity index (χ1v) is 31.9. The van der Waals surface area contributed by atoms with Crippen molar-refractivity contribution in [2.75, 3.05) is 57.3 Å². The lowest BCUT2D eigenvalue weighted by Gasteiger charge is -2.20. The molecule has 0 saturated carbocycles. The Bertz CT molecular complexity index is 4500. The van der Waals surface area contributed by atoms with E-state index in [4.69, 9.17) is 33.2 Å². The van der Waals surface area contributed by atoms with Crippen LogP contribution < -0.4 is 43.0 Å². The van der Waals surface area contributed by atoms with Crippen LogP contribution in [0.25, 0.3) is 0 Å². The van der Waals surface area contributed by atoms with Crippen LogP contribution in [-0.4, -0.2) is 96.2 Å². The van der Waals surface area contributed by atoms with Gasteiger partial charge in [0, 0.05) is 74.5 Å². The first kappa shape index (κ1) is 70.1. The van der Waals surface area contributed by atoms with Crippen LogP contribution in [0.5, 0.6) is 40.2 Å². The fourth-order valence-corrected chi connectivity index (χ4v) is 10.0. The van der Waals surface area contributed by atoms with Crippen LogP contribution in [0.1, 0.15) is 103 Å². The molecule has 0 radical (unpaired) electrons. The number of anilines is 2. The van der Waals surface area contributed by atoms with E-state index in [0.717, 1.165) is 76.7 Å². The summed E-state index contributed by atoms with van der Waals surface area (Å²) < 4.78 is 39.3. The SMILES string of the molecule is CCN(CC)c1ccc(C=Nc2ccc(OC)c(OC(=O)c3ccccc3C(=O)Oc3cc(N=Cc4ccc(C)cc4)ccc3OC)c2)cc1.CCN(CC)c1ccc(N=Cc2cccc(OC(=O)c3ccccc3C(=O)Oc3cc(C=Nc4ccc(C)cc4)ccc3OC)c2)cc1. The number of carbonyl (C=O) groups is 4.